The van der Waals surface area contributed by atoms with Gasteiger partial charge in [-0.25, -0.2) is 14.7 Å². The second-order valence-corrected chi connectivity index (χ2v) is 6.34. The van der Waals surface area contributed by atoms with Crippen LogP contribution in [0.25, 0.3) is 22.4 Å². The van der Waals surface area contributed by atoms with Crippen LogP contribution in [0.5, 0.6) is 0 Å². The van der Waals surface area contributed by atoms with Gasteiger partial charge in [0.2, 0.25) is 5.89 Å². The standard InChI is InChI=1S/C22H12N2O4/c25-20-14-9-4-5-10-15(14)21(26)24(20)17-12-6-11-16-18(17)22(27)28-19(23-16)13-7-2-1-3-8-13/h1-12H. The minimum absolute atomic E-state index is 0.0942. The van der Waals surface area contributed by atoms with Gasteiger partial charge in [0.05, 0.1) is 22.3 Å². The van der Waals surface area contributed by atoms with E-state index in [0.717, 1.165) is 4.90 Å². The van der Waals surface area contributed by atoms with E-state index in [0.29, 0.717) is 22.2 Å². The van der Waals surface area contributed by atoms with Crippen molar-refractivity contribution >= 4 is 28.4 Å². The Labute approximate surface area is 158 Å². The number of imide groups is 1. The minimum atomic E-state index is -0.656. The van der Waals surface area contributed by atoms with Crippen LogP contribution < -0.4 is 10.5 Å². The number of benzene rings is 3. The van der Waals surface area contributed by atoms with Crippen molar-refractivity contribution in [1.29, 1.82) is 0 Å². The molecule has 0 bridgehead atoms. The summed E-state index contributed by atoms with van der Waals surface area (Å²) >= 11 is 0. The lowest BCUT2D eigenvalue weighted by atomic mass is 10.1. The fraction of sp³-hybridized carbons (Fsp3) is 0. The third-order valence-electron chi connectivity index (χ3n) is 4.69. The Morgan fingerprint density at radius 3 is 2.04 bits per heavy atom. The van der Waals surface area contributed by atoms with Gasteiger partial charge < -0.3 is 4.42 Å². The lowest BCUT2D eigenvalue weighted by molar-refractivity contribution is 0.0926. The van der Waals surface area contributed by atoms with Gasteiger partial charge in [-0.15, -0.1) is 0 Å². The summed E-state index contributed by atoms with van der Waals surface area (Å²) in [5.74, 6) is -0.767. The third kappa shape index (κ3) is 2.28. The Morgan fingerprint density at radius 1 is 0.714 bits per heavy atom. The molecular weight excluding hydrogens is 356 g/mol. The highest BCUT2D eigenvalue weighted by Crippen LogP contribution is 2.32. The van der Waals surface area contributed by atoms with Crippen molar-refractivity contribution in [2.24, 2.45) is 0 Å². The van der Waals surface area contributed by atoms with Gasteiger partial charge in [-0.3, -0.25) is 9.59 Å². The van der Waals surface area contributed by atoms with Crippen LogP contribution in [0.1, 0.15) is 20.7 Å². The lowest BCUT2D eigenvalue weighted by Crippen LogP contribution is -2.30. The summed E-state index contributed by atoms with van der Waals surface area (Å²) in [6, 6.07) is 20.5. The maximum Gasteiger partial charge on any atom is 0.349 e. The van der Waals surface area contributed by atoms with Crippen molar-refractivity contribution < 1.29 is 14.0 Å². The van der Waals surface area contributed by atoms with E-state index in [-0.39, 0.29) is 17.0 Å². The summed E-state index contributed by atoms with van der Waals surface area (Å²) in [5.41, 5.74) is 1.14. The molecule has 0 spiro atoms. The minimum Gasteiger partial charge on any atom is -0.403 e. The van der Waals surface area contributed by atoms with Crippen LogP contribution in [0.2, 0.25) is 0 Å². The summed E-state index contributed by atoms with van der Waals surface area (Å²) in [5, 5.41) is 0.0942. The molecule has 0 radical (unpaired) electrons. The van der Waals surface area contributed by atoms with Gasteiger partial charge in [-0.2, -0.15) is 0 Å². The normalized spacial score (nSPS) is 13.2. The quantitative estimate of drug-likeness (QED) is 0.505. The van der Waals surface area contributed by atoms with Crippen LogP contribution in [0.3, 0.4) is 0 Å². The van der Waals surface area contributed by atoms with E-state index in [9.17, 15) is 14.4 Å². The van der Waals surface area contributed by atoms with Crippen LogP contribution >= 0.6 is 0 Å². The molecule has 4 aromatic rings. The molecule has 0 fully saturated rings. The second-order valence-electron chi connectivity index (χ2n) is 6.34. The van der Waals surface area contributed by atoms with Gasteiger partial charge in [0.1, 0.15) is 5.39 Å². The number of hydrogen-bond donors (Lipinski definition) is 0. The number of amides is 2. The average molecular weight is 368 g/mol. The molecule has 0 aliphatic carbocycles. The second kappa shape index (κ2) is 5.99. The lowest BCUT2D eigenvalue weighted by Gasteiger charge is -2.15. The summed E-state index contributed by atoms with van der Waals surface area (Å²) in [6.07, 6.45) is 0. The molecule has 6 heteroatoms. The largest absolute Gasteiger partial charge is 0.403 e. The number of fused-ring (bicyclic) bond motifs is 2. The molecule has 0 saturated heterocycles. The fourth-order valence-corrected chi connectivity index (χ4v) is 3.40. The van der Waals surface area contributed by atoms with Crippen LogP contribution in [-0.4, -0.2) is 16.8 Å². The molecule has 2 heterocycles. The highest BCUT2D eigenvalue weighted by Gasteiger charge is 2.37. The summed E-state index contributed by atoms with van der Waals surface area (Å²) in [6.45, 7) is 0. The molecule has 28 heavy (non-hydrogen) atoms. The van der Waals surface area contributed by atoms with Crippen LogP contribution in [-0.2, 0) is 0 Å². The highest BCUT2D eigenvalue weighted by atomic mass is 16.4. The van der Waals surface area contributed by atoms with Crippen LogP contribution in [0.4, 0.5) is 5.69 Å². The molecule has 5 rings (SSSR count). The highest BCUT2D eigenvalue weighted by molar-refractivity contribution is 6.35. The molecule has 0 N–H and O–H groups in total. The van der Waals surface area contributed by atoms with Crippen molar-refractivity contribution in [2.75, 3.05) is 4.90 Å². The van der Waals surface area contributed by atoms with E-state index < -0.39 is 17.4 Å². The molecule has 1 aliphatic heterocycles. The zero-order valence-corrected chi connectivity index (χ0v) is 14.5. The fourth-order valence-electron chi connectivity index (χ4n) is 3.40. The molecule has 2 amide bonds. The first-order valence-corrected chi connectivity index (χ1v) is 8.62. The Morgan fingerprint density at radius 2 is 1.36 bits per heavy atom. The first kappa shape index (κ1) is 16.1. The molecule has 6 nitrogen and oxygen atoms in total. The molecule has 134 valence electrons. The number of rotatable bonds is 2. The SMILES string of the molecule is O=C1c2ccccc2C(=O)N1c1cccc2nc(-c3ccccc3)oc(=O)c12. The van der Waals surface area contributed by atoms with Crippen molar-refractivity contribution in [1.82, 2.24) is 4.98 Å². The average Bonchev–Trinajstić information content (AvgIpc) is 2.99. The molecule has 0 atom stereocenters. The topological polar surface area (TPSA) is 80.5 Å². The van der Waals surface area contributed by atoms with E-state index in [2.05, 4.69) is 4.98 Å². The Bertz CT molecular complexity index is 1290. The van der Waals surface area contributed by atoms with Gasteiger partial charge >= 0.3 is 5.63 Å². The zero-order valence-electron chi connectivity index (χ0n) is 14.5. The first-order valence-electron chi connectivity index (χ1n) is 8.62. The van der Waals surface area contributed by atoms with E-state index in [1.54, 1.807) is 54.6 Å². The number of nitrogens with zero attached hydrogens (tertiary/aromatic N) is 2. The summed E-state index contributed by atoms with van der Waals surface area (Å²) in [4.78, 5) is 43.8. The third-order valence-corrected chi connectivity index (χ3v) is 4.69. The van der Waals surface area contributed by atoms with Gasteiger partial charge in [0.15, 0.2) is 0 Å². The Hall–Kier alpha value is -4.06. The van der Waals surface area contributed by atoms with Gasteiger partial charge in [0.25, 0.3) is 11.8 Å². The van der Waals surface area contributed by atoms with E-state index >= 15 is 0 Å². The maximum absolute atomic E-state index is 12.8. The van der Waals surface area contributed by atoms with Gasteiger partial charge in [0, 0.05) is 5.56 Å². The molecule has 3 aromatic carbocycles. The number of carbonyl (C=O) groups excluding carboxylic acids is 2. The molecule has 1 aromatic heterocycles. The number of hydrogen-bond acceptors (Lipinski definition) is 5. The van der Waals surface area contributed by atoms with E-state index in [1.165, 1.54) is 0 Å². The smallest absolute Gasteiger partial charge is 0.349 e. The van der Waals surface area contributed by atoms with Crippen molar-refractivity contribution in [3.8, 4) is 11.5 Å². The van der Waals surface area contributed by atoms with Gasteiger partial charge in [-0.05, 0) is 36.4 Å². The van der Waals surface area contributed by atoms with E-state index in [4.69, 9.17) is 4.42 Å². The van der Waals surface area contributed by atoms with E-state index in [1.807, 2.05) is 18.2 Å². The predicted molar refractivity (Wildman–Crippen MR) is 103 cm³/mol. The molecule has 1 aliphatic rings. The maximum atomic E-state index is 12.8. The number of anilines is 1. The summed E-state index contributed by atoms with van der Waals surface area (Å²) in [7, 11) is 0. The Balaban J connectivity index is 1.71. The van der Waals surface area contributed by atoms with Crippen molar-refractivity contribution in [3.05, 3.63) is 94.3 Å². The zero-order chi connectivity index (χ0) is 19.3. The first-order chi connectivity index (χ1) is 13.6. The van der Waals surface area contributed by atoms with Gasteiger partial charge in [-0.1, -0.05) is 36.4 Å². The predicted octanol–water partition coefficient (Wildman–Crippen LogP) is 3.66. The number of carbonyl (C=O) groups is 2. The monoisotopic (exact) mass is 368 g/mol. The van der Waals surface area contributed by atoms with Crippen molar-refractivity contribution in [2.45, 2.75) is 0 Å². The van der Waals surface area contributed by atoms with Crippen LogP contribution in [0, 0.1) is 0 Å². The molecule has 0 saturated carbocycles. The Kier molecular flexibility index (Phi) is 3.45. The van der Waals surface area contributed by atoms with Crippen LogP contribution in [0.15, 0.2) is 82.0 Å². The summed E-state index contributed by atoms with van der Waals surface area (Å²) < 4.78 is 5.41. The molecule has 0 unspecified atom stereocenters. The molecular formula is C22H12N2O4. The van der Waals surface area contributed by atoms with Crippen molar-refractivity contribution in [3.63, 3.8) is 0 Å². The number of aromatic nitrogens is 1.